The van der Waals surface area contributed by atoms with Gasteiger partial charge in [0.05, 0.1) is 0 Å². The second kappa shape index (κ2) is 44.7. The van der Waals surface area contributed by atoms with Crippen molar-refractivity contribution in [2.24, 2.45) is 0 Å². The van der Waals surface area contributed by atoms with E-state index >= 15 is 0 Å². The second-order valence-electron chi connectivity index (χ2n) is 24.7. The Morgan fingerprint density at radius 2 is 0.606 bits per heavy atom. The van der Waals surface area contributed by atoms with Crippen molar-refractivity contribution in [3.05, 3.63) is 274 Å². The van der Waals surface area contributed by atoms with E-state index in [1.165, 1.54) is 72.8 Å². The standard InChI is InChI=1S/2C27H37N2.C11H13O.C11H11O.2CF3.2CH3.2Au/c2*1-18(2)22-11-9-12-23(19(3)4)26(22)28-15-16-29(17-28)27-24(20(5)6)13-10-14-25(27)21(7)8;2*1-3-4-10-5-7-11(8-6-10)9(2)12;2*2-1(3)4;;;;/h2*9-21H,1-8H3;5-8H,1,3-4H2,2H3;3-8H,1H2,2H3;;;2*1H3;;/q8*-1;;/b;;;4-3+;;;;;;. The number of benzene rings is 6. The largest absolute Gasteiger partial charge is 0.479 e. The number of hydrogen-bond acceptors (Lipinski definition) is 6. The molecule has 2 aliphatic heterocycles. The average molecular weight is 1660 g/mol. The number of allylic oxidation sites excluding steroid dienone is 1. The predicted molar refractivity (Wildman–Crippen MR) is 382 cm³/mol. The Morgan fingerprint density at radius 3 is 0.777 bits per heavy atom. The van der Waals surface area contributed by atoms with E-state index in [1.54, 1.807) is 19.9 Å². The SMILES string of the molecule is CC(C)c1cccc(C(C)C)c1N1C=CN(c2c(C(C)C)cccc2C(C)C)[CH-]1.CC(C)c1cccc(C(C)C)c1N1C=CN(c2c(C(C)C)cccc2C(C)C)[CH-]1.F[C-](F)F.F[C-](F)F.[Au].[Au].[CH2-]/C=C/c1ccc(C(C)=O)cc1.[CH2-]CCc1ccc(C(C)=O)cc1.[CH3-].[CH3-]. The molecule has 0 spiro atoms. The molecule has 6 aromatic carbocycles. The van der Waals surface area contributed by atoms with Crippen LogP contribution in [0.1, 0.15) is 255 Å². The first kappa shape index (κ1) is 90.1. The minimum absolute atomic E-state index is 0. The van der Waals surface area contributed by atoms with Crippen LogP contribution < -0.4 is 19.6 Å². The number of Topliss-reactive ketones (excluding diaryl/α,β-unsaturated/α-hetero) is 2. The Bertz CT molecular complexity index is 2840. The smallest absolute Gasteiger partial charge is 0.159 e. The summed E-state index contributed by atoms with van der Waals surface area (Å²) in [5.74, 6) is 4.06. The maximum absolute atomic E-state index is 10.9. The fourth-order valence-electron chi connectivity index (χ4n) is 10.6. The van der Waals surface area contributed by atoms with Gasteiger partial charge in [0.15, 0.2) is 24.9 Å². The molecule has 0 aliphatic carbocycles. The Kier molecular flexibility index (Phi) is 42.8. The van der Waals surface area contributed by atoms with Crippen LogP contribution in [0.3, 0.4) is 0 Å². The Labute approximate surface area is 595 Å². The van der Waals surface area contributed by atoms with Crippen LogP contribution in [-0.2, 0) is 51.2 Å². The van der Waals surface area contributed by atoms with Crippen molar-refractivity contribution in [2.45, 2.75) is 185 Å². The maximum atomic E-state index is 10.9. The summed E-state index contributed by atoms with van der Waals surface area (Å²) < 4.78 is 57.5. The van der Waals surface area contributed by atoms with Gasteiger partial charge in [0.1, 0.15) is 0 Å². The van der Waals surface area contributed by atoms with Crippen LogP contribution in [0.5, 0.6) is 0 Å². The van der Waals surface area contributed by atoms with Crippen molar-refractivity contribution < 1.29 is 80.7 Å². The molecule has 2 aliphatic rings. The van der Waals surface area contributed by atoms with Crippen LogP contribution >= 0.6 is 0 Å². The molecule has 528 valence electrons. The first-order valence-corrected chi connectivity index (χ1v) is 31.2. The van der Waals surface area contributed by atoms with E-state index in [9.17, 15) is 35.9 Å². The van der Waals surface area contributed by atoms with Crippen molar-refractivity contribution in [2.75, 3.05) is 19.6 Å². The number of anilines is 4. The number of rotatable bonds is 17. The minimum atomic E-state index is -3.08. The number of halogens is 6. The topological polar surface area (TPSA) is 47.1 Å². The molecule has 6 aromatic rings. The molecule has 0 N–H and O–H groups in total. The molecule has 0 atom stereocenters. The van der Waals surface area contributed by atoms with E-state index in [-0.39, 0.29) is 71.2 Å². The molecule has 2 heterocycles. The summed E-state index contributed by atoms with van der Waals surface area (Å²) in [6, 6.07) is 42.2. The van der Waals surface area contributed by atoms with E-state index in [4.69, 9.17) is 0 Å². The summed E-state index contributed by atoms with van der Waals surface area (Å²) in [7, 11) is 0. The van der Waals surface area contributed by atoms with E-state index < -0.39 is 13.4 Å². The van der Waals surface area contributed by atoms with Gasteiger partial charge >= 0.3 is 0 Å². The molecule has 0 saturated heterocycles. The zero-order chi connectivity index (χ0) is 67.7. The molecule has 0 fully saturated rings. The monoisotopic (exact) mass is 1660 g/mol. The predicted octanol–water partition coefficient (Wildman–Crippen LogP) is 25.2. The fourth-order valence-corrected chi connectivity index (χ4v) is 10.6. The quantitative estimate of drug-likeness (QED) is 0.0393. The van der Waals surface area contributed by atoms with E-state index in [1.807, 2.05) is 54.6 Å². The summed E-state index contributed by atoms with van der Waals surface area (Å²) in [6.07, 6.45) is 14.4. The average Bonchev–Trinajstić information content (AvgIpc) is 1.57. The molecule has 2 radical (unpaired) electrons. The van der Waals surface area contributed by atoms with Crippen molar-refractivity contribution in [1.29, 1.82) is 0 Å². The Hall–Kier alpha value is -5.99. The molecule has 14 heteroatoms. The third kappa shape index (κ3) is 27.6. The minimum Gasteiger partial charge on any atom is -0.479 e. The Morgan fingerprint density at radius 1 is 0.404 bits per heavy atom. The molecule has 0 bridgehead atoms. The van der Waals surface area contributed by atoms with Gasteiger partial charge in [0.25, 0.3) is 0 Å². The number of carbonyl (C=O) groups excluding carboxylic acids is 2. The maximum Gasteiger partial charge on any atom is 0.159 e. The van der Waals surface area contributed by atoms with Crippen LogP contribution in [-0.4, -0.2) is 11.6 Å². The van der Waals surface area contributed by atoms with Gasteiger partial charge in [-0.2, -0.15) is 6.42 Å². The molecule has 0 unspecified atom stereocenters. The number of carbonyl (C=O) groups is 2. The third-order valence-corrected chi connectivity index (χ3v) is 15.1. The van der Waals surface area contributed by atoms with Crippen molar-refractivity contribution >= 4 is 40.4 Å². The van der Waals surface area contributed by atoms with Crippen LogP contribution in [0.4, 0.5) is 49.1 Å². The van der Waals surface area contributed by atoms with Gasteiger partial charge in [-0.25, -0.2) is 19.1 Å². The van der Waals surface area contributed by atoms with Gasteiger partial charge in [-0.1, -0.05) is 244 Å². The van der Waals surface area contributed by atoms with E-state index in [0.717, 1.165) is 29.5 Å². The third-order valence-electron chi connectivity index (χ3n) is 15.1. The number of aryl methyl sites for hydroxylation is 1. The van der Waals surface area contributed by atoms with Crippen LogP contribution in [0.15, 0.2) is 152 Å². The molecular formula is C80H104Au2F6N4O2-8. The molecule has 0 saturated carbocycles. The summed E-state index contributed by atoms with van der Waals surface area (Å²) >= 11 is 0. The van der Waals surface area contributed by atoms with Crippen molar-refractivity contribution in [3.8, 4) is 0 Å². The zero-order valence-electron chi connectivity index (χ0n) is 59.1. The van der Waals surface area contributed by atoms with E-state index in [0.29, 0.717) is 47.3 Å². The Balaban J connectivity index is 0. The van der Waals surface area contributed by atoms with Crippen molar-refractivity contribution in [1.82, 2.24) is 0 Å². The molecule has 0 amide bonds. The number of hydrogen-bond donors (Lipinski definition) is 0. The molecular weight excluding hydrogens is 1560 g/mol. The van der Waals surface area contributed by atoms with Gasteiger partial charge in [0, 0.05) is 78.6 Å². The molecule has 0 aromatic heterocycles. The summed E-state index contributed by atoms with van der Waals surface area (Å²) in [5, 5.41) is 0. The van der Waals surface area contributed by atoms with Crippen LogP contribution in [0.25, 0.3) is 6.08 Å². The fraction of sp³-hybridized carbons (Fsp3) is 0.350. The van der Waals surface area contributed by atoms with Gasteiger partial charge < -0.3 is 67.7 Å². The summed E-state index contributed by atoms with van der Waals surface area (Å²) in [4.78, 5) is 31.1. The molecule has 6 nitrogen and oxygen atoms in total. The number of ketones is 2. The van der Waals surface area contributed by atoms with Gasteiger partial charge in [-0.3, -0.25) is 9.59 Å². The molecule has 8 rings (SSSR count). The zero-order valence-corrected chi connectivity index (χ0v) is 63.4. The summed E-state index contributed by atoms with van der Waals surface area (Å²) in [5.41, 5.74) is 20.4. The summed E-state index contributed by atoms with van der Waals surface area (Å²) in [6.45, 7) is 45.4. The second-order valence-corrected chi connectivity index (χ2v) is 24.7. The number of nitrogens with zero attached hydrogens (tertiary/aromatic N) is 4. The first-order chi connectivity index (χ1) is 42.4. The number of para-hydroxylation sites is 4. The first-order valence-electron chi connectivity index (χ1n) is 31.2. The van der Waals surface area contributed by atoms with Crippen molar-refractivity contribution in [3.63, 3.8) is 0 Å². The molecule has 94 heavy (non-hydrogen) atoms. The van der Waals surface area contributed by atoms with E-state index in [2.05, 4.69) is 255 Å². The van der Waals surface area contributed by atoms with Gasteiger partial charge in [-0.15, -0.1) is 18.9 Å². The van der Waals surface area contributed by atoms with Crippen LogP contribution in [0, 0.1) is 55.4 Å². The van der Waals surface area contributed by atoms with Crippen LogP contribution in [0.2, 0.25) is 0 Å². The van der Waals surface area contributed by atoms with Gasteiger partial charge in [-0.05, 0) is 130 Å². The normalized spacial score (nSPS) is 12.2. The van der Waals surface area contributed by atoms with Gasteiger partial charge in [0.2, 0.25) is 0 Å².